The predicted molar refractivity (Wildman–Crippen MR) is 121 cm³/mol. The van der Waals surface area contributed by atoms with Crippen LogP contribution in [0.4, 0.5) is 0 Å². The number of hydrogen-bond acceptors (Lipinski definition) is 4. The Morgan fingerprint density at radius 1 is 1.14 bits per heavy atom. The number of halogens is 1. The molecule has 3 aromatic rings. The minimum Gasteiger partial charge on any atom is -0.462 e. The summed E-state index contributed by atoms with van der Waals surface area (Å²) in [4.78, 5) is 14.2. The Balaban J connectivity index is 1.79. The van der Waals surface area contributed by atoms with Crippen LogP contribution in [0.5, 0.6) is 0 Å². The predicted octanol–water partition coefficient (Wildman–Crippen LogP) is 4.72. The molecule has 28 heavy (non-hydrogen) atoms. The maximum atomic E-state index is 12.2. The van der Waals surface area contributed by atoms with E-state index >= 15 is 0 Å². The van der Waals surface area contributed by atoms with E-state index in [1.807, 2.05) is 23.8 Å². The Morgan fingerprint density at radius 2 is 1.89 bits per heavy atom. The maximum Gasteiger partial charge on any atom is 0.338 e. The van der Waals surface area contributed by atoms with Crippen LogP contribution in [0.3, 0.4) is 0 Å². The molecule has 0 atom stereocenters. The van der Waals surface area contributed by atoms with Crippen molar-refractivity contribution in [1.29, 1.82) is 0 Å². The normalized spacial score (nSPS) is 14.3. The molecule has 1 fully saturated rings. The van der Waals surface area contributed by atoms with Crippen LogP contribution in [0, 0.1) is 3.57 Å². The third kappa shape index (κ3) is 3.92. The molecule has 0 unspecified atom stereocenters. The number of rotatable bonds is 5. The first-order valence-corrected chi connectivity index (χ1v) is 10.6. The molecule has 1 aliphatic heterocycles. The Morgan fingerprint density at radius 3 is 2.61 bits per heavy atom. The Labute approximate surface area is 178 Å². The first kappa shape index (κ1) is 19.0. The number of aromatic nitrogens is 2. The second kappa shape index (κ2) is 8.34. The minimum atomic E-state index is -0.300. The van der Waals surface area contributed by atoms with Crippen LogP contribution in [0.15, 0.2) is 42.5 Å². The number of nitrogens with zero attached hydrogens (tertiary/aromatic N) is 3. The zero-order valence-electron chi connectivity index (χ0n) is 15.8. The van der Waals surface area contributed by atoms with Gasteiger partial charge in [0.15, 0.2) is 0 Å². The summed E-state index contributed by atoms with van der Waals surface area (Å²) < 4.78 is 6.38. The van der Waals surface area contributed by atoms with Gasteiger partial charge in [0.25, 0.3) is 0 Å². The van der Waals surface area contributed by atoms with E-state index in [1.54, 1.807) is 6.07 Å². The highest BCUT2D eigenvalue weighted by Gasteiger charge is 2.19. The minimum absolute atomic E-state index is 0.300. The van der Waals surface area contributed by atoms with E-state index in [0.29, 0.717) is 12.2 Å². The number of benzene rings is 2. The van der Waals surface area contributed by atoms with Crippen molar-refractivity contribution in [2.45, 2.75) is 19.8 Å². The molecule has 2 heterocycles. The van der Waals surface area contributed by atoms with E-state index in [-0.39, 0.29) is 5.97 Å². The number of hydrogen-bond donors (Lipinski definition) is 0. The number of carbonyl (C=O) groups excluding carboxylic acids is 1. The van der Waals surface area contributed by atoms with Crippen molar-refractivity contribution >= 4 is 51.6 Å². The van der Waals surface area contributed by atoms with E-state index in [4.69, 9.17) is 9.84 Å². The molecule has 144 valence electrons. The second-order valence-corrected chi connectivity index (χ2v) is 8.02. The fraction of sp³-hybridized carbons (Fsp3) is 0.273. The highest BCUT2D eigenvalue weighted by molar-refractivity contribution is 14.1. The quantitative estimate of drug-likeness (QED) is 0.386. The van der Waals surface area contributed by atoms with Gasteiger partial charge in [0.2, 0.25) is 0 Å². The number of fused-ring (bicyclic) bond motifs is 1. The first-order chi connectivity index (χ1) is 13.7. The Hall–Kier alpha value is -2.35. The van der Waals surface area contributed by atoms with Crippen LogP contribution in [-0.4, -0.2) is 35.6 Å². The van der Waals surface area contributed by atoms with Gasteiger partial charge in [-0.25, -0.2) is 4.79 Å². The topological polar surface area (TPSA) is 47.4 Å². The molecule has 1 aliphatic rings. The molecule has 0 amide bonds. The van der Waals surface area contributed by atoms with E-state index in [2.05, 4.69) is 64.0 Å². The zero-order valence-corrected chi connectivity index (χ0v) is 17.9. The van der Waals surface area contributed by atoms with Crippen LogP contribution < -0.4 is 5.01 Å². The lowest BCUT2D eigenvalue weighted by atomic mass is 10.1. The van der Waals surface area contributed by atoms with Crippen molar-refractivity contribution in [3.63, 3.8) is 0 Å². The Kier molecular flexibility index (Phi) is 5.66. The van der Waals surface area contributed by atoms with E-state index in [1.165, 1.54) is 16.4 Å². The lowest BCUT2D eigenvalue weighted by molar-refractivity contribution is 0.0526. The standard InChI is InChI=1S/C22H22IN3O2/c1-2-28-22(27)17-8-11-20-19(15-17)21(26(24-20)25-13-3-4-14-25)12-7-16-5-9-18(23)10-6-16/h5-12,15H,2-4,13-14H2,1H3/b12-7+. The van der Waals surface area contributed by atoms with Gasteiger partial charge in [-0.15, -0.1) is 0 Å². The van der Waals surface area contributed by atoms with E-state index in [0.717, 1.165) is 35.2 Å². The third-order valence-electron chi connectivity index (χ3n) is 4.86. The van der Waals surface area contributed by atoms with Gasteiger partial charge in [0, 0.05) is 22.0 Å². The van der Waals surface area contributed by atoms with Crippen molar-refractivity contribution in [3.05, 3.63) is 62.9 Å². The van der Waals surface area contributed by atoms with Gasteiger partial charge in [0.1, 0.15) is 0 Å². The number of ether oxygens (including phenoxy) is 1. The Bertz CT molecular complexity index is 1020. The van der Waals surface area contributed by atoms with Crippen LogP contribution in [0.1, 0.15) is 41.4 Å². The van der Waals surface area contributed by atoms with Crippen molar-refractivity contribution in [2.24, 2.45) is 0 Å². The van der Waals surface area contributed by atoms with Crippen LogP contribution >= 0.6 is 22.6 Å². The van der Waals surface area contributed by atoms with Gasteiger partial charge >= 0.3 is 5.97 Å². The van der Waals surface area contributed by atoms with Crippen LogP contribution in [0.2, 0.25) is 0 Å². The van der Waals surface area contributed by atoms with Crippen molar-refractivity contribution in [2.75, 3.05) is 24.7 Å². The molecule has 0 saturated carbocycles. The average molecular weight is 487 g/mol. The van der Waals surface area contributed by atoms with E-state index in [9.17, 15) is 4.79 Å². The average Bonchev–Trinajstić information content (AvgIpc) is 3.35. The summed E-state index contributed by atoms with van der Waals surface area (Å²) in [5.74, 6) is -0.300. The monoisotopic (exact) mass is 487 g/mol. The first-order valence-electron chi connectivity index (χ1n) is 9.54. The zero-order chi connectivity index (χ0) is 19.5. The molecule has 6 heteroatoms. The molecule has 0 N–H and O–H groups in total. The smallest absolute Gasteiger partial charge is 0.338 e. The van der Waals surface area contributed by atoms with Crippen molar-refractivity contribution in [1.82, 2.24) is 9.89 Å². The fourth-order valence-corrected chi connectivity index (χ4v) is 3.80. The lowest BCUT2D eigenvalue weighted by Crippen LogP contribution is -2.33. The van der Waals surface area contributed by atoms with Gasteiger partial charge in [-0.1, -0.05) is 18.2 Å². The molecule has 0 aliphatic carbocycles. The molecule has 0 radical (unpaired) electrons. The summed E-state index contributed by atoms with van der Waals surface area (Å²) in [5, 5.41) is 8.02. The summed E-state index contributed by atoms with van der Waals surface area (Å²) in [6.07, 6.45) is 6.52. The molecule has 2 aromatic carbocycles. The van der Waals surface area contributed by atoms with Gasteiger partial charge in [0.05, 0.1) is 23.4 Å². The van der Waals surface area contributed by atoms with Crippen molar-refractivity contribution < 1.29 is 9.53 Å². The summed E-state index contributed by atoms with van der Waals surface area (Å²) in [6, 6.07) is 14.0. The molecule has 0 spiro atoms. The fourth-order valence-electron chi connectivity index (χ4n) is 3.44. The molecule has 0 bridgehead atoms. The molecule has 1 saturated heterocycles. The van der Waals surface area contributed by atoms with Crippen molar-refractivity contribution in [3.8, 4) is 0 Å². The SMILES string of the molecule is CCOC(=O)c1ccc2nn(N3CCCC3)c(/C=C/c3ccc(I)cc3)c2c1. The molecular weight excluding hydrogens is 465 g/mol. The third-order valence-corrected chi connectivity index (χ3v) is 5.57. The van der Waals surface area contributed by atoms with Gasteiger partial charge in [-0.3, -0.25) is 5.01 Å². The summed E-state index contributed by atoms with van der Waals surface area (Å²) in [7, 11) is 0. The summed E-state index contributed by atoms with van der Waals surface area (Å²) in [5.41, 5.74) is 3.55. The molecule has 4 rings (SSSR count). The highest BCUT2D eigenvalue weighted by Crippen LogP contribution is 2.24. The largest absolute Gasteiger partial charge is 0.462 e. The number of esters is 1. The van der Waals surface area contributed by atoms with Crippen LogP contribution in [-0.2, 0) is 4.74 Å². The molecule has 1 aromatic heterocycles. The summed E-state index contributed by atoms with van der Waals surface area (Å²) >= 11 is 2.31. The van der Waals surface area contributed by atoms with Gasteiger partial charge in [-0.2, -0.15) is 9.89 Å². The highest BCUT2D eigenvalue weighted by atomic mass is 127. The lowest BCUT2D eigenvalue weighted by Gasteiger charge is -2.19. The molecule has 5 nitrogen and oxygen atoms in total. The van der Waals surface area contributed by atoms with E-state index < -0.39 is 0 Å². The van der Waals surface area contributed by atoms with Crippen LogP contribution in [0.25, 0.3) is 23.1 Å². The summed E-state index contributed by atoms with van der Waals surface area (Å²) in [6.45, 7) is 4.16. The maximum absolute atomic E-state index is 12.2. The van der Waals surface area contributed by atoms with Gasteiger partial charge in [-0.05, 0) is 84.3 Å². The number of carbonyl (C=O) groups is 1. The second-order valence-electron chi connectivity index (χ2n) is 6.77. The van der Waals surface area contributed by atoms with Gasteiger partial charge < -0.3 is 4.74 Å². The molecular formula is C22H22IN3O2.